The number of carbonyl (C=O) groups is 2. The first-order valence-corrected chi connectivity index (χ1v) is 11.7. The van der Waals surface area contributed by atoms with Crippen LogP contribution in [0.5, 0.6) is 0 Å². The standard InChI is InChI=1S/C22H42ClNO4/c1-4-5-6-7-8-9-10-11-12-13-14-15-16-18-27-21(25)20(2)24(3)22(26)28-19-17-23/h20H,4-19H2,1-3H3. The first-order valence-electron chi connectivity index (χ1n) is 11.2. The maximum Gasteiger partial charge on any atom is 0.410 e. The van der Waals surface area contributed by atoms with E-state index in [-0.39, 0.29) is 12.5 Å². The number of ether oxygens (including phenoxy) is 2. The summed E-state index contributed by atoms with van der Waals surface area (Å²) in [6.07, 6.45) is 16.1. The van der Waals surface area contributed by atoms with Crippen molar-refractivity contribution in [2.75, 3.05) is 26.1 Å². The van der Waals surface area contributed by atoms with Crippen LogP contribution >= 0.6 is 11.6 Å². The average Bonchev–Trinajstić information content (AvgIpc) is 2.70. The lowest BCUT2D eigenvalue weighted by atomic mass is 10.0. The van der Waals surface area contributed by atoms with Crippen molar-refractivity contribution in [3.8, 4) is 0 Å². The summed E-state index contributed by atoms with van der Waals surface area (Å²) in [6, 6.07) is -0.662. The van der Waals surface area contributed by atoms with Gasteiger partial charge in [-0.25, -0.2) is 9.59 Å². The predicted octanol–water partition coefficient (Wildman–Crippen LogP) is 6.32. The van der Waals surface area contributed by atoms with Crippen LogP contribution in [0.1, 0.15) is 97.3 Å². The van der Waals surface area contributed by atoms with Crippen LogP contribution < -0.4 is 0 Å². The number of likely N-dealkylation sites (N-methyl/N-ethyl adjacent to an activating group) is 1. The van der Waals surface area contributed by atoms with Crippen molar-refractivity contribution in [1.29, 1.82) is 0 Å². The Morgan fingerprint density at radius 3 is 1.71 bits per heavy atom. The van der Waals surface area contributed by atoms with Gasteiger partial charge in [0.05, 0.1) is 12.5 Å². The third-order valence-corrected chi connectivity index (χ3v) is 5.16. The molecular formula is C22H42ClNO4. The molecule has 1 unspecified atom stereocenters. The molecule has 0 saturated carbocycles. The highest BCUT2D eigenvalue weighted by Crippen LogP contribution is 2.12. The van der Waals surface area contributed by atoms with Crippen LogP contribution in [0.25, 0.3) is 0 Å². The molecule has 0 aliphatic heterocycles. The lowest BCUT2D eigenvalue weighted by molar-refractivity contribution is -0.148. The summed E-state index contributed by atoms with van der Waals surface area (Å²) in [5.41, 5.74) is 0. The van der Waals surface area contributed by atoms with Crippen molar-refractivity contribution < 1.29 is 19.1 Å². The molecule has 0 rings (SSSR count). The van der Waals surface area contributed by atoms with E-state index in [1.165, 1.54) is 82.6 Å². The van der Waals surface area contributed by atoms with E-state index in [1.807, 2.05) is 0 Å². The third-order valence-electron chi connectivity index (χ3n) is 5.00. The number of hydrogen-bond donors (Lipinski definition) is 0. The van der Waals surface area contributed by atoms with E-state index >= 15 is 0 Å². The van der Waals surface area contributed by atoms with Gasteiger partial charge in [0.2, 0.25) is 0 Å². The molecule has 0 aliphatic rings. The number of esters is 1. The van der Waals surface area contributed by atoms with Crippen molar-refractivity contribution in [2.45, 2.75) is 103 Å². The van der Waals surface area contributed by atoms with Crippen LogP contribution in [-0.4, -0.2) is 49.1 Å². The minimum Gasteiger partial charge on any atom is -0.464 e. The number of alkyl halides is 1. The smallest absolute Gasteiger partial charge is 0.410 e. The van der Waals surface area contributed by atoms with Gasteiger partial charge in [0.15, 0.2) is 0 Å². The highest BCUT2D eigenvalue weighted by molar-refractivity contribution is 6.18. The van der Waals surface area contributed by atoms with Crippen LogP contribution in [0.2, 0.25) is 0 Å². The predicted molar refractivity (Wildman–Crippen MR) is 116 cm³/mol. The van der Waals surface area contributed by atoms with Gasteiger partial charge in [-0.1, -0.05) is 84.0 Å². The van der Waals surface area contributed by atoms with Crippen molar-refractivity contribution in [3.05, 3.63) is 0 Å². The summed E-state index contributed by atoms with van der Waals surface area (Å²) in [4.78, 5) is 24.9. The fraction of sp³-hybridized carbons (Fsp3) is 0.909. The minimum atomic E-state index is -0.662. The molecule has 0 aromatic rings. The fourth-order valence-corrected chi connectivity index (χ4v) is 3.03. The molecule has 0 aromatic carbocycles. The zero-order chi connectivity index (χ0) is 21.0. The quantitative estimate of drug-likeness (QED) is 0.148. The Balaban J connectivity index is 3.50. The molecule has 0 bridgehead atoms. The SMILES string of the molecule is CCCCCCCCCCCCCCCOC(=O)C(C)N(C)C(=O)OCCCl. The molecule has 166 valence electrons. The molecule has 6 heteroatoms. The van der Waals surface area contributed by atoms with E-state index in [9.17, 15) is 9.59 Å². The van der Waals surface area contributed by atoms with Gasteiger partial charge in [-0.15, -0.1) is 11.6 Å². The normalized spacial score (nSPS) is 11.9. The van der Waals surface area contributed by atoms with E-state index in [2.05, 4.69) is 6.92 Å². The second-order valence-electron chi connectivity index (χ2n) is 7.50. The van der Waals surface area contributed by atoms with Gasteiger partial charge in [0.1, 0.15) is 12.6 Å². The molecule has 1 amide bonds. The van der Waals surface area contributed by atoms with Gasteiger partial charge >= 0.3 is 12.1 Å². The number of rotatable bonds is 18. The number of carbonyl (C=O) groups excluding carboxylic acids is 2. The Kier molecular flexibility index (Phi) is 18.7. The zero-order valence-electron chi connectivity index (χ0n) is 18.3. The van der Waals surface area contributed by atoms with E-state index in [0.717, 1.165) is 12.8 Å². The molecule has 0 radical (unpaired) electrons. The third kappa shape index (κ3) is 15.0. The molecule has 28 heavy (non-hydrogen) atoms. The highest BCUT2D eigenvalue weighted by atomic mass is 35.5. The monoisotopic (exact) mass is 419 g/mol. The molecule has 0 aromatic heterocycles. The number of unbranched alkanes of at least 4 members (excludes halogenated alkanes) is 12. The first kappa shape index (κ1) is 27.0. The largest absolute Gasteiger partial charge is 0.464 e. The highest BCUT2D eigenvalue weighted by Gasteiger charge is 2.24. The summed E-state index contributed by atoms with van der Waals surface area (Å²) < 4.78 is 10.2. The van der Waals surface area contributed by atoms with Gasteiger partial charge < -0.3 is 9.47 Å². The zero-order valence-corrected chi connectivity index (χ0v) is 19.1. The second-order valence-corrected chi connectivity index (χ2v) is 7.88. The Hall–Kier alpha value is -0.970. The van der Waals surface area contributed by atoms with E-state index in [1.54, 1.807) is 6.92 Å². The van der Waals surface area contributed by atoms with Crippen LogP contribution in [-0.2, 0) is 14.3 Å². The molecule has 0 fully saturated rings. The second kappa shape index (κ2) is 19.4. The Morgan fingerprint density at radius 1 is 0.786 bits per heavy atom. The van der Waals surface area contributed by atoms with Gasteiger partial charge in [0, 0.05) is 7.05 Å². The Labute approximate surface area is 177 Å². The number of amides is 1. The van der Waals surface area contributed by atoms with Crippen LogP contribution in [0.4, 0.5) is 4.79 Å². The molecule has 5 nitrogen and oxygen atoms in total. The molecular weight excluding hydrogens is 378 g/mol. The molecule has 0 aliphatic carbocycles. The van der Waals surface area contributed by atoms with Gasteiger partial charge in [0.25, 0.3) is 0 Å². The maximum atomic E-state index is 12.0. The van der Waals surface area contributed by atoms with Gasteiger partial charge in [-0.2, -0.15) is 0 Å². The fourth-order valence-electron chi connectivity index (χ4n) is 2.96. The first-order chi connectivity index (χ1) is 13.5. The van der Waals surface area contributed by atoms with Crippen molar-refractivity contribution in [1.82, 2.24) is 4.90 Å². The molecule has 1 atom stereocenters. The lowest BCUT2D eigenvalue weighted by Crippen LogP contribution is -2.41. The van der Waals surface area contributed by atoms with Crippen molar-refractivity contribution in [2.24, 2.45) is 0 Å². The van der Waals surface area contributed by atoms with E-state index < -0.39 is 18.1 Å². The van der Waals surface area contributed by atoms with Crippen molar-refractivity contribution >= 4 is 23.7 Å². The Bertz CT molecular complexity index is 393. The number of halogens is 1. The van der Waals surface area contributed by atoms with Crippen LogP contribution in [0.3, 0.4) is 0 Å². The number of nitrogens with zero attached hydrogens (tertiary/aromatic N) is 1. The van der Waals surface area contributed by atoms with Gasteiger partial charge in [-0.3, -0.25) is 4.90 Å². The van der Waals surface area contributed by atoms with E-state index in [4.69, 9.17) is 21.1 Å². The molecule has 0 saturated heterocycles. The molecule has 0 heterocycles. The lowest BCUT2D eigenvalue weighted by Gasteiger charge is -2.22. The summed E-state index contributed by atoms with van der Waals surface area (Å²) in [6.45, 7) is 4.43. The average molecular weight is 420 g/mol. The van der Waals surface area contributed by atoms with Crippen molar-refractivity contribution in [3.63, 3.8) is 0 Å². The number of hydrogen-bond acceptors (Lipinski definition) is 4. The van der Waals surface area contributed by atoms with Crippen LogP contribution in [0, 0.1) is 0 Å². The molecule has 0 spiro atoms. The molecule has 0 N–H and O–H groups in total. The summed E-state index contributed by atoms with van der Waals surface area (Å²) in [7, 11) is 1.52. The van der Waals surface area contributed by atoms with Gasteiger partial charge in [-0.05, 0) is 13.3 Å². The summed E-state index contributed by atoms with van der Waals surface area (Å²) >= 11 is 5.48. The minimum absolute atomic E-state index is 0.130. The maximum absolute atomic E-state index is 12.0. The van der Waals surface area contributed by atoms with Crippen LogP contribution in [0.15, 0.2) is 0 Å². The summed E-state index contributed by atoms with van der Waals surface area (Å²) in [5.74, 6) is -0.165. The summed E-state index contributed by atoms with van der Waals surface area (Å²) in [5, 5.41) is 0. The topological polar surface area (TPSA) is 55.8 Å². The Morgan fingerprint density at radius 2 is 1.25 bits per heavy atom. The van der Waals surface area contributed by atoms with E-state index in [0.29, 0.717) is 6.61 Å².